The van der Waals surface area contributed by atoms with Crippen LogP contribution in [-0.2, 0) is 20.5 Å². The van der Waals surface area contributed by atoms with E-state index in [1.165, 1.54) is 11.1 Å². The predicted octanol–water partition coefficient (Wildman–Crippen LogP) is 7.58. The molecule has 2 amide bonds. The Bertz CT molecular complexity index is 1370. The molecule has 0 radical (unpaired) electrons. The summed E-state index contributed by atoms with van der Waals surface area (Å²) < 4.78 is 12.9. The van der Waals surface area contributed by atoms with Crippen molar-refractivity contribution in [3.05, 3.63) is 52.9 Å². The third-order valence-electron chi connectivity index (χ3n) is 8.88. The second kappa shape index (κ2) is 12.9. The number of aromatic nitrogens is 2. The van der Waals surface area contributed by atoms with E-state index in [4.69, 9.17) is 20.8 Å². The van der Waals surface area contributed by atoms with Crippen LogP contribution in [0, 0.1) is 0 Å². The molecular formula is C33H47ClN4O5Si. The van der Waals surface area contributed by atoms with Gasteiger partial charge in [0, 0.05) is 25.7 Å². The largest absolute Gasteiger partial charge is 0.443 e. The lowest BCUT2D eigenvalue weighted by Gasteiger charge is -2.49. The molecule has 4 rings (SSSR count). The highest BCUT2D eigenvalue weighted by Crippen LogP contribution is 2.44. The van der Waals surface area contributed by atoms with Crippen molar-refractivity contribution in [3.8, 4) is 0 Å². The number of benzene rings is 1. The maximum atomic E-state index is 14.8. The summed E-state index contributed by atoms with van der Waals surface area (Å²) in [7, 11) is -2.23. The molecule has 0 N–H and O–H groups in total. The molecule has 1 fully saturated rings. The standard InChI is InChI=1S/C33H47ClN4O5Si/c1-31(2,3)42-30(41)38-25(19-26(39)24-20-35-29(34)36-27(24)38)28(40)37(21-23-15-11-9-12-16-23)22-33(17-13-10-14-18-33)43-44(7,8)32(4,5)6/h9,11-12,15-16,20,25H,10,13-14,17-19,21-22H2,1-8H3. The molecule has 2 aromatic rings. The number of carbonyl (C=O) groups is 3. The van der Waals surface area contributed by atoms with Gasteiger partial charge in [0.25, 0.3) is 0 Å². The Morgan fingerprint density at radius 1 is 1.07 bits per heavy atom. The highest BCUT2D eigenvalue weighted by Gasteiger charge is 2.49. The highest BCUT2D eigenvalue weighted by molar-refractivity contribution is 6.74. The number of halogens is 1. The van der Waals surface area contributed by atoms with Crippen molar-refractivity contribution < 1.29 is 23.5 Å². The molecule has 44 heavy (non-hydrogen) atoms. The van der Waals surface area contributed by atoms with Crippen LogP contribution < -0.4 is 4.90 Å². The molecule has 11 heteroatoms. The summed E-state index contributed by atoms with van der Waals surface area (Å²) in [5.41, 5.74) is -0.319. The van der Waals surface area contributed by atoms with Crippen molar-refractivity contribution in [3.63, 3.8) is 0 Å². The Hall–Kier alpha value is -2.82. The van der Waals surface area contributed by atoms with Crippen molar-refractivity contribution in [1.29, 1.82) is 0 Å². The van der Waals surface area contributed by atoms with Gasteiger partial charge >= 0.3 is 6.09 Å². The van der Waals surface area contributed by atoms with Crippen molar-refractivity contribution in [2.24, 2.45) is 0 Å². The smallest absolute Gasteiger partial charge is 0.416 e. The summed E-state index contributed by atoms with van der Waals surface area (Å²) in [6.07, 6.45) is 5.12. The van der Waals surface area contributed by atoms with Gasteiger partial charge in [-0.15, -0.1) is 0 Å². The average molecular weight is 643 g/mol. The first-order valence-electron chi connectivity index (χ1n) is 15.5. The fourth-order valence-corrected chi connectivity index (χ4v) is 7.52. The van der Waals surface area contributed by atoms with Crippen LogP contribution in [0.25, 0.3) is 0 Å². The second-order valence-corrected chi connectivity index (χ2v) is 19.7. The topological polar surface area (TPSA) is 102 Å². The van der Waals surface area contributed by atoms with Gasteiger partial charge in [0.05, 0.1) is 11.2 Å². The third-order valence-corrected chi connectivity index (χ3v) is 13.6. The molecule has 0 bridgehead atoms. The molecule has 2 aliphatic rings. The molecule has 0 saturated heterocycles. The molecule has 1 aliphatic heterocycles. The van der Waals surface area contributed by atoms with Crippen LogP contribution in [-0.4, -0.2) is 64.8 Å². The molecule has 0 spiro atoms. The van der Waals surface area contributed by atoms with Crippen LogP contribution in [0.15, 0.2) is 36.5 Å². The van der Waals surface area contributed by atoms with Crippen LogP contribution in [0.3, 0.4) is 0 Å². The summed E-state index contributed by atoms with van der Waals surface area (Å²) >= 11 is 6.15. The number of Topliss-reactive ketones (excluding diaryl/α,β-unsaturated/α-hetero) is 1. The number of rotatable bonds is 7. The van der Waals surface area contributed by atoms with E-state index in [0.29, 0.717) is 13.1 Å². The molecule has 240 valence electrons. The maximum Gasteiger partial charge on any atom is 0.416 e. The molecule has 1 atom stereocenters. The van der Waals surface area contributed by atoms with E-state index in [1.807, 2.05) is 30.3 Å². The zero-order chi connectivity index (χ0) is 32.5. The van der Waals surface area contributed by atoms with Gasteiger partial charge < -0.3 is 14.1 Å². The minimum Gasteiger partial charge on any atom is -0.443 e. The van der Waals surface area contributed by atoms with Crippen molar-refractivity contribution in [1.82, 2.24) is 14.9 Å². The zero-order valence-corrected chi connectivity index (χ0v) is 29.2. The van der Waals surface area contributed by atoms with Gasteiger partial charge in [-0.1, -0.05) is 70.4 Å². The molecule has 1 aromatic carbocycles. The number of nitrogens with zero attached hydrogens (tertiary/aromatic N) is 4. The summed E-state index contributed by atoms with van der Waals surface area (Å²) in [6, 6.07) is 8.58. The fraction of sp³-hybridized carbons (Fsp3) is 0.606. The lowest BCUT2D eigenvalue weighted by Crippen LogP contribution is -2.60. The third kappa shape index (κ3) is 7.87. The summed E-state index contributed by atoms with van der Waals surface area (Å²) in [4.78, 5) is 53.1. The molecule has 1 saturated carbocycles. The molecule has 1 aromatic heterocycles. The normalized spacial score (nSPS) is 18.9. The Balaban J connectivity index is 1.79. The quantitative estimate of drug-likeness (QED) is 0.227. The molecular weight excluding hydrogens is 596 g/mol. The van der Waals surface area contributed by atoms with Gasteiger partial charge in [0.15, 0.2) is 19.9 Å². The predicted molar refractivity (Wildman–Crippen MR) is 174 cm³/mol. The molecule has 9 nitrogen and oxygen atoms in total. The number of fused-ring (bicyclic) bond motifs is 1. The van der Waals surface area contributed by atoms with Crippen molar-refractivity contribution >= 4 is 43.5 Å². The fourth-order valence-electron chi connectivity index (χ4n) is 5.74. The van der Waals surface area contributed by atoms with E-state index < -0.39 is 31.7 Å². The van der Waals surface area contributed by atoms with E-state index in [9.17, 15) is 14.4 Å². The van der Waals surface area contributed by atoms with Crippen LogP contribution >= 0.6 is 11.6 Å². The number of carbonyl (C=O) groups excluding carboxylic acids is 3. The summed E-state index contributed by atoms with van der Waals surface area (Å²) in [6.45, 7) is 17.0. The number of hydrogen-bond acceptors (Lipinski definition) is 7. The first-order chi connectivity index (χ1) is 20.4. The number of hydrogen-bond donors (Lipinski definition) is 0. The van der Waals surface area contributed by atoms with Crippen molar-refractivity contribution in [2.75, 3.05) is 11.4 Å². The molecule has 1 unspecified atom stereocenters. The molecule has 2 heterocycles. The summed E-state index contributed by atoms with van der Waals surface area (Å²) in [5.74, 6) is -0.713. The monoisotopic (exact) mass is 642 g/mol. The van der Waals surface area contributed by atoms with E-state index in [1.54, 1.807) is 25.7 Å². The first kappa shape index (κ1) is 34.1. The van der Waals surface area contributed by atoms with Crippen LogP contribution in [0.1, 0.15) is 96.0 Å². The zero-order valence-electron chi connectivity index (χ0n) is 27.4. The first-order valence-corrected chi connectivity index (χ1v) is 18.8. The Kier molecular flexibility index (Phi) is 9.97. The van der Waals surface area contributed by atoms with Gasteiger partial charge in [-0.2, -0.15) is 4.98 Å². The molecule has 1 aliphatic carbocycles. The van der Waals surface area contributed by atoms with E-state index in [2.05, 4.69) is 43.8 Å². The maximum absolute atomic E-state index is 14.8. The van der Waals surface area contributed by atoms with Crippen molar-refractivity contribution in [2.45, 2.75) is 122 Å². The van der Waals surface area contributed by atoms with Crippen LogP contribution in [0.2, 0.25) is 23.4 Å². The average Bonchev–Trinajstić information content (AvgIpc) is 2.91. The SMILES string of the molecule is CC(C)(C)OC(=O)N1c2nc(Cl)ncc2C(=O)CC1C(=O)N(Cc1ccccc1)CC1(O[Si](C)(C)C(C)(C)C)CCCCC1. The summed E-state index contributed by atoms with van der Waals surface area (Å²) in [5, 5.41) is -0.152. The van der Waals surface area contributed by atoms with Gasteiger partial charge in [-0.05, 0) is 68.9 Å². The van der Waals surface area contributed by atoms with Gasteiger partial charge in [0.2, 0.25) is 11.2 Å². The Labute approximate surface area is 267 Å². The van der Waals surface area contributed by atoms with E-state index in [0.717, 1.165) is 37.7 Å². The number of ether oxygens (including phenoxy) is 1. The highest BCUT2D eigenvalue weighted by atomic mass is 35.5. The van der Waals surface area contributed by atoms with E-state index in [-0.39, 0.29) is 39.8 Å². The van der Waals surface area contributed by atoms with Crippen LogP contribution in [0.5, 0.6) is 0 Å². The van der Waals surface area contributed by atoms with Crippen LogP contribution in [0.4, 0.5) is 10.6 Å². The number of amides is 2. The minimum absolute atomic E-state index is 0.0154. The Morgan fingerprint density at radius 3 is 2.30 bits per heavy atom. The minimum atomic E-state index is -2.23. The number of anilines is 1. The number of ketones is 1. The van der Waals surface area contributed by atoms with Gasteiger partial charge in [-0.25, -0.2) is 14.7 Å². The van der Waals surface area contributed by atoms with E-state index >= 15 is 0 Å². The lowest BCUT2D eigenvalue weighted by atomic mass is 9.84. The van der Waals surface area contributed by atoms with Gasteiger partial charge in [0.1, 0.15) is 11.6 Å². The van der Waals surface area contributed by atoms with Gasteiger partial charge in [-0.3, -0.25) is 9.59 Å². The second-order valence-electron chi connectivity index (χ2n) is 14.7. The lowest BCUT2D eigenvalue weighted by molar-refractivity contribution is -0.137. The Morgan fingerprint density at radius 2 is 1.70 bits per heavy atom.